The average molecular weight is 556 g/mol. The molecule has 4 saturated carbocycles. The molecule has 0 aromatic rings. The highest BCUT2D eigenvalue weighted by atomic mass is 32.2. The smallest absolute Gasteiger partial charge is 0.266 e. The Morgan fingerprint density at radius 2 is 1.71 bits per heavy atom. The van der Waals surface area contributed by atoms with Gasteiger partial charge in [0.1, 0.15) is 0 Å². The van der Waals surface area contributed by atoms with Gasteiger partial charge in [0.15, 0.2) is 0 Å². The van der Waals surface area contributed by atoms with Gasteiger partial charge in [-0.3, -0.25) is 9.35 Å². The number of amides is 1. The first-order valence-corrected chi connectivity index (χ1v) is 16.9. The van der Waals surface area contributed by atoms with Gasteiger partial charge in [0.05, 0.1) is 18.0 Å². The van der Waals surface area contributed by atoms with Gasteiger partial charge in [-0.05, 0) is 116 Å². The third-order valence-electron chi connectivity index (χ3n) is 11.9. The zero-order valence-electron chi connectivity index (χ0n) is 24.2. The second-order valence-corrected chi connectivity index (χ2v) is 16.0. The van der Waals surface area contributed by atoms with Crippen LogP contribution in [0.15, 0.2) is 0 Å². The molecule has 0 aliphatic heterocycles. The van der Waals surface area contributed by atoms with Crippen molar-refractivity contribution in [3.63, 3.8) is 0 Å². The van der Waals surface area contributed by atoms with Crippen LogP contribution in [-0.2, 0) is 14.9 Å². The molecule has 0 bridgehead atoms. The Labute approximate surface area is 230 Å². The highest BCUT2D eigenvalue weighted by Gasteiger charge is 2.63. The summed E-state index contributed by atoms with van der Waals surface area (Å²) in [5.41, 5.74) is 0.0837. The van der Waals surface area contributed by atoms with Crippen molar-refractivity contribution in [2.75, 3.05) is 5.75 Å². The van der Waals surface area contributed by atoms with Crippen molar-refractivity contribution in [3.8, 4) is 0 Å². The number of rotatable bonds is 9. The maximum Gasteiger partial charge on any atom is 0.266 e. The summed E-state index contributed by atoms with van der Waals surface area (Å²) in [5, 5.41) is 24.9. The molecule has 38 heavy (non-hydrogen) atoms. The first kappa shape index (κ1) is 30.3. The molecule has 1 amide bonds. The Kier molecular flexibility index (Phi) is 8.99. The Bertz CT molecular complexity index is 954. The topological polar surface area (TPSA) is 124 Å². The molecule has 11 atom stereocenters. The van der Waals surface area contributed by atoms with Crippen LogP contribution in [0.5, 0.6) is 0 Å². The fraction of sp³-hybridized carbons (Fsp3) is 0.967. The molecule has 0 heterocycles. The zero-order chi connectivity index (χ0) is 28.0. The summed E-state index contributed by atoms with van der Waals surface area (Å²) in [7, 11) is -4.17. The molecule has 8 heteroatoms. The first-order chi connectivity index (χ1) is 17.6. The molecule has 7 nitrogen and oxygen atoms in total. The molecular weight excluding hydrogens is 502 g/mol. The third kappa shape index (κ3) is 5.99. The van der Waals surface area contributed by atoms with Gasteiger partial charge in [0.25, 0.3) is 10.1 Å². The Balaban J connectivity index is 1.39. The third-order valence-corrected chi connectivity index (χ3v) is 12.7. The van der Waals surface area contributed by atoms with Crippen molar-refractivity contribution in [2.24, 2.45) is 52.3 Å². The summed E-state index contributed by atoms with van der Waals surface area (Å²) in [6.45, 7) is 10.9. The highest BCUT2D eigenvalue weighted by Crippen LogP contribution is 2.68. The van der Waals surface area contributed by atoms with Crippen LogP contribution in [-0.4, -0.2) is 53.1 Å². The molecule has 4 aliphatic rings. The molecule has 220 valence electrons. The van der Waals surface area contributed by atoms with Gasteiger partial charge in [-0.25, -0.2) is 0 Å². The molecule has 0 unspecified atom stereocenters. The molecule has 4 N–H and O–H groups in total. The van der Waals surface area contributed by atoms with Crippen molar-refractivity contribution >= 4 is 16.0 Å². The second-order valence-electron chi connectivity index (χ2n) is 14.5. The summed E-state index contributed by atoms with van der Waals surface area (Å²) in [6.07, 6.45) is 9.38. The van der Waals surface area contributed by atoms with Gasteiger partial charge < -0.3 is 15.5 Å². The van der Waals surface area contributed by atoms with Crippen molar-refractivity contribution in [2.45, 2.75) is 123 Å². The van der Waals surface area contributed by atoms with E-state index in [0.717, 1.165) is 38.5 Å². The van der Waals surface area contributed by atoms with Crippen LogP contribution in [0, 0.1) is 52.3 Å². The summed E-state index contributed by atoms with van der Waals surface area (Å²) in [5.74, 6) is 2.46. The van der Waals surface area contributed by atoms with E-state index in [4.69, 9.17) is 0 Å². The fourth-order valence-corrected chi connectivity index (χ4v) is 10.7. The number of nitrogens with one attached hydrogen (secondary N) is 1. The molecule has 4 aliphatic carbocycles. The lowest BCUT2D eigenvalue weighted by atomic mass is 9.43. The van der Waals surface area contributed by atoms with Crippen LogP contribution >= 0.6 is 0 Å². The van der Waals surface area contributed by atoms with Gasteiger partial charge in [-0.15, -0.1) is 0 Å². The van der Waals surface area contributed by atoms with Crippen LogP contribution in [0.1, 0.15) is 105 Å². The van der Waals surface area contributed by atoms with Crippen molar-refractivity contribution < 1.29 is 28.0 Å². The normalized spacial score (nSPS) is 42.6. The minimum absolute atomic E-state index is 0.139. The van der Waals surface area contributed by atoms with Crippen molar-refractivity contribution in [1.29, 1.82) is 0 Å². The number of hydrogen-bond acceptors (Lipinski definition) is 5. The fourth-order valence-electron chi connectivity index (χ4n) is 10.0. The van der Waals surface area contributed by atoms with Crippen molar-refractivity contribution in [1.82, 2.24) is 5.32 Å². The number of aliphatic hydroxyl groups is 2. The van der Waals surface area contributed by atoms with E-state index in [-0.39, 0.29) is 40.8 Å². The number of carbonyl (C=O) groups is 1. The van der Waals surface area contributed by atoms with Crippen LogP contribution < -0.4 is 5.32 Å². The van der Waals surface area contributed by atoms with E-state index in [0.29, 0.717) is 48.9 Å². The lowest BCUT2D eigenvalue weighted by Crippen LogP contribution is -2.58. The van der Waals surface area contributed by atoms with E-state index in [1.807, 2.05) is 13.8 Å². The molecule has 0 aromatic heterocycles. The molecule has 0 saturated heterocycles. The van der Waals surface area contributed by atoms with Gasteiger partial charge in [0.2, 0.25) is 5.91 Å². The molecule has 0 aromatic carbocycles. The minimum Gasteiger partial charge on any atom is -0.393 e. The summed E-state index contributed by atoms with van der Waals surface area (Å²) >= 11 is 0. The van der Waals surface area contributed by atoms with Gasteiger partial charge in [-0.2, -0.15) is 8.42 Å². The van der Waals surface area contributed by atoms with E-state index in [9.17, 15) is 28.0 Å². The summed E-state index contributed by atoms with van der Waals surface area (Å²) in [6, 6.07) is -0.587. The van der Waals surface area contributed by atoms with Crippen LogP contribution in [0.4, 0.5) is 0 Å². The van der Waals surface area contributed by atoms with E-state index in [1.165, 1.54) is 12.8 Å². The van der Waals surface area contributed by atoms with Crippen molar-refractivity contribution in [3.05, 3.63) is 0 Å². The van der Waals surface area contributed by atoms with Gasteiger partial charge >= 0.3 is 0 Å². The van der Waals surface area contributed by atoms with E-state index < -0.39 is 21.9 Å². The number of aliphatic hydroxyl groups excluding tert-OH is 2. The molecule has 0 radical (unpaired) electrons. The largest absolute Gasteiger partial charge is 0.393 e. The molecule has 4 fully saturated rings. The minimum atomic E-state index is -4.17. The first-order valence-electron chi connectivity index (χ1n) is 15.3. The highest BCUT2D eigenvalue weighted by molar-refractivity contribution is 7.85. The molecule has 4 rings (SSSR count). The Morgan fingerprint density at radius 3 is 2.37 bits per heavy atom. The Morgan fingerprint density at radius 1 is 1.00 bits per heavy atom. The van der Waals surface area contributed by atoms with Crippen LogP contribution in [0.25, 0.3) is 0 Å². The molecule has 0 spiro atoms. The number of carbonyl (C=O) groups excluding carboxylic acids is 1. The SMILES string of the molecule is CC(C)C[C@H](CS(=O)(=O)O)NC(=O)CC[C@@H](C)[C@H]1CC[C@H]2[C@@H]3CC[C@@H]4C[C@H](O)CC[C@]4(C)[C@H]3C[C@H](O)[C@]12C. The van der Waals surface area contributed by atoms with E-state index >= 15 is 0 Å². The summed E-state index contributed by atoms with van der Waals surface area (Å²) < 4.78 is 32.2. The second kappa shape index (κ2) is 11.3. The average Bonchev–Trinajstić information content (AvgIpc) is 3.16. The maximum absolute atomic E-state index is 12.8. The van der Waals surface area contributed by atoms with Gasteiger partial charge in [-0.1, -0.05) is 34.6 Å². The summed E-state index contributed by atoms with van der Waals surface area (Å²) in [4.78, 5) is 12.8. The standard InChI is InChI=1S/C30H53NO6S/c1-18(2)14-21(17-38(35,36)37)31-28(34)11-6-19(3)24-9-10-25-23-8-7-20-15-22(32)12-13-29(20,4)26(23)16-27(33)30(24,25)5/h18-27,32-33H,6-17H2,1-5H3,(H,31,34)(H,35,36,37)/t19-,20-,21-,22-,23+,24-,25+,26+,27+,29+,30-/m1/s1. The van der Waals surface area contributed by atoms with Gasteiger partial charge in [0, 0.05) is 12.5 Å². The van der Waals surface area contributed by atoms with E-state index in [2.05, 4.69) is 26.1 Å². The van der Waals surface area contributed by atoms with Crippen LogP contribution in [0.3, 0.4) is 0 Å². The Hall–Kier alpha value is -0.700. The predicted octanol–water partition coefficient (Wildman–Crippen LogP) is 4.81. The number of hydrogen-bond donors (Lipinski definition) is 4. The van der Waals surface area contributed by atoms with E-state index in [1.54, 1.807) is 0 Å². The predicted molar refractivity (Wildman–Crippen MR) is 149 cm³/mol. The zero-order valence-corrected chi connectivity index (χ0v) is 25.0. The lowest BCUT2D eigenvalue weighted by Gasteiger charge is -2.62. The lowest BCUT2D eigenvalue weighted by molar-refractivity contribution is -0.174. The molecular formula is C30H53NO6S. The van der Waals surface area contributed by atoms with Crippen LogP contribution in [0.2, 0.25) is 0 Å². The number of fused-ring (bicyclic) bond motifs is 5. The maximum atomic E-state index is 12.8. The monoisotopic (exact) mass is 555 g/mol. The quantitative estimate of drug-likeness (QED) is 0.303.